The normalized spacial score (nSPS) is 10.6. The van der Waals surface area contributed by atoms with E-state index in [1.54, 1.807) is 66.7 Å². The number of hydrazone groups is 1. The molecule has 0 heterocycles. The Morgan fingerprint density at radius 1 is 1.03 bits per heavy atom. The number of halogens is 2. The van der Waals surface area contributed by atoms with Crippen molar-refractivity contribution in [2.75, 3.05) is 7.11 Å². The third kappa shape index (κ3) is 5.68. The van der Waals surface area contributed by atoms with Gasteiger partial charge in [-0.05, 0) is 60.7 Å². The predicted octanol–water partition coefficient (Wildman–Crippen LogP) is 5.09. The molecule has 0 atom stereocenters. The number of methoxy groups -OCH3 is 1. The number of amides is 1. The van der Waals surface area contributed by atoms with Crippen molar-refractivity contribution >= 4 is 45.6 Å². The van der Waals surface area contributed by atoms with Crippen molar-refractivity contribution in [2.45, 2.75) is 0 Å². The zero-order valence-corrected chi connectivity index (χ0v) is 18.1. The molecule has 0 unspecified atom stereocenters. The van der Waals surface area contributed by atoms with Crippen LogP contribution >= 0.6 is 27.5 Å². The van der Waals surface area contributed by atoms with Gasteiger partial charge in [-0.3, -0.25) is 4.79 Å². The highest BCUT2D eigenvalue weighted by Gasteiger charge is 2.12. The van der Waals surface area contributed by atoms with Crippen LogP contribution in [0.4, 0.5) is 0 Å². The van der Waals surface area contributed by atoms with Gasteiger partial charge in [-0.2, -0.15) is 5.10 Å². The molecule has 0 aromatic heterocycles. The molecule has 0 saturated carbocycles. The lowest BCUT2D eigenvalue weighted by Crippen LogP contribution is -2.17. The molecule has 8 heteroatoms. The van der Waals surface area contributed by atoms with Crippen LogP contribution in [0.1, 0.15) is 26.3 Å². The smallest absolute Gasteiger partial charge is 0.343 e. The van der Waals surface area contributed by atoms with Gasteiger partial charge in [0, 0.05) is 20.6 Å². The minimum atomic E-state index is -0.538. The number of ether oxygens (including phenoxy) is 2. The monoisotopic (exact) mass is 486 g/mol. The first-order valence-corrected chi connectivity index (χ1v) is 9.88. The van der Waals surface area contributed by atoms with Crippen LogP contribution in [-0.4, -0.2) is 25.2 Å². The lowest BCUT2D eigenvalue weighted by molar-refractivity contribution is 0.0734. The minimum absolute atomic E-state index is 0.289. The second-order valence-electron chi connectivity index (χ2n) is 6.01. The highest BCUT2D eigenvalue weighted by Crippen LogP contribution is 2.23. The van der Waals surface area contributed by atoms with E-state index in [2.05, 4.69) is 26.5 Å². The zero-order chi connectivity index (χ0) is 21.5. The summed E-state index contributed by atoms with van der Waals surface area (Å²) in [5.41, 5.74) is 3.70. The Hall–Kier alpha value is -3.16. The summed E-state index contributed by atoms with van der Waals surface area (Å²) in [6.07, 6.45) is 1.40. The highest BCUT2D eigenvalue weighted by molar-refractivity contribution is 9.10. The van der Waals surface area contributed by atoms with Crippen molar-refractivity contribution in [2.24, 2.45) is 5.10 Å². The van der Waals surface area contributed by atoms with Crippen LogP contribution in [0.15, 0.2) is 76.3 Å². The maximum Gasteiger partial charge on any atom is 0.343 e. The molecule has 0 spiro atoms. The van der Waals surface area contributed by atoms with Gasteiger partial charge in [0.1, 0.15) is 11.5 Å². The quantitative estimate of drug-likeness (QED) is 0.227. The lowest BCUT2D eigenvalue weighted by Gasteiger charge is -2.08. The van der Waals surface area contributed by atoms with Crippen molar-refractivity contribution in [3.63, 3.8) is 0 Å². The Bertz CT molecular complexity index is 1100. The van der Waals surface area contributed by atoms with Gasteiger partial charge in [0.05, 0.1) is 18.9 Å². The summed E-state index contributed by atoms with van der Waals surface area (Å²) in [6.45, 7) is 0. The molecule has 3 rings (SSSR count). The number of nitrogens with zero attached hydrogens (tertiary/aromatic N) is 1. The molecular formula is C22H16BrClN2O4. The fourth-order valence-electron chi connectivity index (χ4n) is 2.45. The van der Waals surface area contributed by atoms with Gasteiger partial charge in [0.2, 0.25) is 0 Å². The molecule has 1 amide bonds. The van der Waals surface area contributed by atoms with E-state index in [0.29, 0.717) is 27.5 Å². The van der Waals surface area contributed by atoms with E-state index in [-0.39, 0.29) is 5.75 Å². The van der Waals surface area contributed by atoms with E-state index in [1.807, 2.05) is 0 Å². The number of benzene rings is 3. The number of esters is 1. The second-order valence-corrected chi connectivity index (χ2v) is 7.36. The van der Waals surface area contributed by atoms with E-state index in [9.17, 15) is 9.59 Å². The molecule has 0 aliphatic rings. The van der Waals surface area contributed by atoms with Crippen LogP contribution in [0, 0.1) is 0 Å². The molecule has 0 fully saturated rings. The minimum Gasteiger partial charge on any atom is -0.497 e. The molecule has 1 N–H and O–H groups in total. The van der Waals surface area contributed by atoms with Crippen LogP contribution < -0.4 is 14.9 Å². The molecule has 6 nitrogen and oxygen atoms in total. The van der Waals surface area contributed by atoms with E-state index in [4.69, 9.17) is 21.1 Å². The summed E-state index contributed by atoms with van der Waals surface area (Å²) < 4.78 is 11.3. The molecule has 152 valence electrons. The Balaban J connectivity index is 1.73. The van der Waals surface area contributed by atoms with Crippen molar-refractivity contribution in [1.29, 1.82) is 0 Å². The van der Waals surface area contributed by atoms with E-state index < -0.39 is 11.9 Å². The standard InChI is InChI=1S/C22H16BrClN2O4/c1-29-19-4-2-3-15(12-19)21(27)26-25-13-16-11-17(23)7-10-20(16)30-22(28)14-5-8-18(24)9-6-14/h2-13H,1H3,(H,26,27)/b25-13+. The summed E-state index contributed by atoms with van der Waals surface area (Å²) >= 11 is 9.22. The fourth-order valence-corrected chi connectivity index (χ4v) is 2.95. The Morgan fingerprint density at radius 2 is 1.80 bits per heavy atom. The molecular weight excluding hydrogens is 472 g/mol. The SMILES string of the molecule is COc1cccc(C(=O)N/N=C/c2cc(Br)ccc2OC(=O)c2ccc(Cl)cc2)c1. The summed E-state index contributed by atoms with van der Waals surface area (Å²) in [6, 6.07) is 18.1. The van der Waals surface area contributed by atoms with Crippen LogP contribution in [0.3, 0.4) is 0 Å². The van der Waals surface area contributed by atoms with Crippen molar-refractivity contribution in [3.05, 3.63) is 92.9 Å². The van der Waals surface area contributed by atoms with Gasteiger partial charge in [0.15, 0.2) is 0 Å². The van der Waals surface area contributed by atoms with E-state index in [1.165, 1.54) is 13.3 Å². The van der Waals surface area contributed by atoms with Crippen LogP contribution in [0.5, 0.6) is 11.5 Å². The van der Waals surface area contributed by atoms with E-state index in [0.717, 1.165) is 4.47 Å². The zero-order valence-electron chi connectivity index (χ0n) is 15.8. The number of rotatable bonds is 6. The number of hydrogen-bond donors (Lipinski definition) is 1. The Morgan fingerprint density at radius 3 is 2.53 bits per heavy atom. The molecule has 0 aliphatic carbocycles. The van der Waals surface area contributed by atoms with Crippen LogP contribution in [0.2, 0.25) is 5.02 Å². The Kier molecular flexibility index (Phi) is 7.21. The fraction of sp³-hybridized carbons (Fsp3) is 0.0455. The third-order valence-electron chi connectivity index (χ3n) is 3.96. The number of carbonyl (C=O) groups excluding carboxylic acids is 2. The van der Waals surface area contributed by atoms with Crippen molar-refractivity contribution in [1.82, 2.24) is 5.43 Å². The van der Waals surface area contributed by atoms with Gasteiger partial charge in [0.25, 0.3) is 5.91 Å². The first kappa shape index (κ1) is 21.5. The molecule has 0 radical (unpaired) electrons. The van der Waals surface area contributed by atoms with Crippen LogP contribution in [0.25, 0.3) is 0 Å². The maximum absolute atomic E-state index is 12.4. The first-order valence-electron chi connectivity index (χ1n) is 8.71. The molecule has 3 aromatic carbocycles. The van der Waals surface area contributed by atoms with Gasteiger partial charge >= 0.3 is 5.97 Å². The van der Waals surface area contributed by atoms with Gasteiger partial charge in [-0.1, -0.05) is 33.6 Å². The van der Waals surface area contributed by atoms with Crippen LogP contribution in [-0.2, 0) is 0 Å². The van der Waals surface area contributed by atoms with E-state index >= 15 is 0 Å². The second kappa shape index (κ2) is 10.0. The number of hydrogen-bond acceptors (Lipinski definition) is 5. The summed E-state index contributed by atoms with van der Waals surface area (Å²) in [5.74, 6) is -0.0866. The number of carbonyl (C=O) groups is 2. The molecule has 0 bridgehead atoms. The summed E-state index contributed by atoms with van der Waals surface area (Å²) in [5, 5.41) is 4.49. The van der Waals surface area contributed by atoms with Crippen molar-refractivity contribution in [3.8, 4) is 11.5 Å². The predicted molar refractivity (Wildman–Crippen MR) is 119 cm³/mol. The van der Waals surface area contributed by atoms with Gasteiger partial charge < -0.3 is 9.47 Å². The average molecular weight is 488 g/mol. The Labute approximate surface area is 186 Å². The maximum atomic E-state index is 12.4. The summed E-state index contributed by atoms with van der Waals surface area (Å²) in [7, 11) is 1.52. The summed E-state index contributed by atoms with van der Waals surface area (Å²) in [4.78, 5) is 24.6. The highest BCUT2D eigenvalue weighted by atomic mass is 79.9. The average Bonchev–Trinajstić information content (AvgIpc) is 2.76. The third-order valence-corrected chi connectivity index (χ3v) is 4.70. The molecule has 0 saturated heterocycles. The molecule has 3 aromatic rings. The van der Waals surface area contributed by atoms with Gasteiger partial charge in [-0.15, -0.1) is 0 Å². The number of nitrogens with one attached hydrogen (secondary N) is 1. The topological polar surface area (TPSA) is 77.0 Å². The largest absolute Gasteiger partial charge is 0.497 e. The molecule has 30 heavy (non-hydrogen) atoms. The first-order chi connectivity index (χ1) is 14.5. The lowest BCUT2D eigenvalue weighted by atomic mass is 10.2. The molecule has 0 aliphatic heterocycles. The van der Waals surface area contributed by atoms with Crippen molar-refractivity contribution < 1.29 is 19.1 Å². The van der Waals surface area contributed by atoms with Gasteiger partial charge in [-0.25, -0.2) is 10.2 Å².